The van der Waals surface area contributed by atoms with Gasteiger partial charge in [-0.3, -0.25) is 4.98 Å². The van der Waals surface area contributed by atoms with Crippen LogP contribution in [0.1, 0.15) is 141 Å². The highest BCUT2D eigenvalue weighted by Gasteiger charge is 2.31. The Morgan fingerprint density at radius 2 is 1.03 bits per heavy atom. The minimum Gasteiger partial charge on any atom is -0.261 e. The van der Waals surface area contributed by atoms with E-state index in [0.29, 0.717) is 17.7 Å². The number of rotatable bonds is 7. The third-order valence-electron chi connectivity index (χ3n) is 15.4. The molecule has 1 nitrogen and oxygen atoms in total. The summed E-state index contributed by atoms with van der Waals surface area (Å²) in [4.78, 5) is 4.61. The molecule has 2 unspecified atom stereocenters. The highest BCUT2D eigenvalue weighted by molar-refractivity contribution is 6.17. The fourth-order valence-electron chi connectivity index (χ4n) is 11.8. The molecule has 0 N–H and O–H groups in total. The number of aromatic nitrogens is 1. The van der Waals surface area contributed by atoms with Crippen LogP contribution < -0.4 is 0 Å². The number of aryl methyl sites for hydroxylation is 6. The van der Waals surface area contributed by atoms with E-state index in [4.69, 9.17) is 11.6 Å². The summed E-state index contributed by atoms with van der Waals surface area (Å²) < 4.78 is 0. The van der Waals surface area contributed by atoms with Crippen molar-refractivity contribution in [1.82, 2.24) is 4.98 Å². The number of hydrogen-bond acceptors (Lipinski definition) is 1. The summed E-state index contributed by atoms with van der Waals surface area (Å²) in [7, 11) is 0. The van der Waals surface area contributed by atoms with Gasteiger partial charge in [0.05, 0.1) is 0 Å². The Kier molecular flexibility index (Phi) is 14.2. The van der Waals surface area contributed by atoms with Gasteiger partial charge in [-0.1, -0.05) is 162 Å². The number of nitrogens with zero attached hydrogens (tertiary/aromatic N) is 1. The SMILES string of the molecule is CC1=C(Cc2ccccc2)c2cc3c(cc2C1Cc1ccccn1)CCC3.CC1=Cc2cc3c(cc2C1)CCC3.CC1=Cc2cc3c(cc2C1Cc1ccccc1)CCC3.ClCc1ccccc1. The summed E-state index contributed by atoms with van der Waals surface area (Å²) in [5.74, 6) is 1.65. The van der Waals surface area contributed by atoms with E-state index in [1.54, 1.807) is 44.5 Å². The predicted octanol–water partition coefficient (Wildman–Crippen LogP) is 16.4. The molecule has 0 aliphatic heterocycles. The topological polar surface area (TPSA) is 12.9 Å². The second kappa shape index (κ2) is 21.1. The largest absolute Gasteiger partial charge is 0.261 e. The number of halogens is 1. The highest BCUT2D eigenvalue weighted by atomic mass is 35.5. The van der Waals surface area contributed by atoms with Crippen molar-refractivity contribution in [2.75, 3.05) is 0 Å². The lowest BCUT2D eigenvalue weighted by molar-refractivity contribution is 0.779. The van der Waals surface area contributed by atoms with Crippen LogP contribution in [0.15, 0.2) is 169 Å². The molecule has 0 saturated heterocycles. The molecule has 0 fully saturated rings. The van der Waals surface area contributed by atoms with Crippen molar-refractivity contribution in [2.24, 2.45) is 0 Å². The minimum absolute atomic E-state index is 0.458. The molecule has 6 aromatic carbocycles. The fraction of sp³-hybridized carbons (Fsp3) is 0.288. The molecule has 0 amide bonds. The molecule has 342 valence electrons. The van der Waals surface area contributed by atoms with E-state index in [9.17, 15) is 0 Å². The van der Waals surface area contributed by atoms with E-state index in [1.165, 1.54) is 131 Å². The summed E-state index contributed by atoms with van der Waals surface area (Å²) in [6.45, 7) is 6.86. The standard InChI is InChI=1S/C26H25N.C20H20.C13H14.C7H7Cl/c1-18-23(14-19-8-3-2-4-9-19)25-15-20-10-7-11-21(20)16-26(25)24(18)17-22-12-5-6-13-27-22;1-14-10-18-12-16-8-5-9-17(16)13-20(18)19(14)11-15-6-3-2-4-7-15;1-9-5-12-7-10-3-2-4-11(10)8-13(12)6-9;8-6-7-4-2-1-3-5-7/h2-6,8-9,12-13,15-16,24H,7,10-11,14,17H2,1H3;2-4,6-7,10,12-13,19H,5,8-9,11H2,1H3;5,7-8H,2-4,6H2,1H3;1-5H,6H2. The second-order valence-corrected chi connectivity index (χ2v) is 20.4. The number of fused-ring (bicyclic) bond motifs is 6. The monoisotopic (exact) mass is 907 g/mol. The minimum atomic E-state index is 0.458. The zero-order chi connectivity index (χ0) is 46.4. The van der Waals surface area contributed by atoms with Gasteiger partial charge in [-0.25, -0.2) is 0 Å². The molecule has 0 spiro atoms. The molecule has 2 atom stereocenters. The number of benzene rings is 6. The first-order chi connectivity index (χ1) is 33.4. The van der Waals surface area contributed by atoms with Gasteiger partial charge < -0.3 is 0 Å². The Balaban J connectivity index is 0.000000115. The van der Waals surface area contributed by atoms with Crippen LogP contribution in [0.4, 0.5) is 0 Å². The Morgan fingerprint density at radius 1 is 0.485 bits per heavy atom. The third-order valence-corrected chi connectivity index (χ3v) is 15.7. The molecular weight excluding hydrogens is 842 g/mol. The number of hydrogen-bond donors (Lipinski definition) is 0. The van der Waals surface area contributed by atoms with Crippen molar-refractivity contribution in [3.63, 3.8) is 0 Å². The third kappa shape index (κ3) is 10.4. The Hall–Kier alpha value is -6.02. The maximum absolute atomic E-state index is 5.53. The molecule has 0 saturated carbocycles. The first kappa shape index (κ1) is 45.7. The van der Waals surface area contributed by atoms with E-state index in [2.05, 4.69) is 147 Å². The number of alkyl halides is 1. The fourth-order valence-corrected chi connectivity index (χ4v) is 12.0. The van der Waals surface area contributed by atoms with Crippen LogP contribution in [0.2, 0.25) is 0 Å². The predicted molar refractivity (Wildman–Crippen MR) is 289 cm³/mol. The van der Waals surface area contributed by atoms with E-state index in [1.807, 2.05) is 42.6 Å². The van der Waals surface area contributed by atoms with Crippen LogP contribution >= 0.6 is 11.6 Å². The molecule has 6 aliphatic carbocycles. The van der Waals surface area contributed by atoms with Crippen LogP contribution in [-0.2, 0) is 70.1 Å². The lowest BCUT2D eigenvalue weighted by Gasteiger charge is -2.16. The molecule has 1 aromatic heterocycles. The average molecular weight is 909 g/mol. The molecule has 1 heterocycles. The van der Waals surface area contributed by atoms with Gasteiger partial charge in [0.25, 0.3) is 0 Å². The van der Waals surface area contributed by atoms with Crippen molar-refractivity contribution < 1.29 is 0 Å². The molecule has 2 heteroatoms. The van der Waals surface area contributed by atoms with Gasteiger partial charge in [-0.15, -0.1) is 11.6 Å². The van der Waals surface area contributed by atoms with Gasteiger partial charge in [0.2, 0.25) is 0 Å². The number of allylic oxidation sites excluding steroid dienone is 4. The van der Waals surface area contributed by atoms with Crippen LogP contribution in [0.25, 0.3) is 17.7 Å². The van der Waals surface area contributed by atoms with Crippen molar-refractivity contribution in [3.05, 3.63) is 258 Å². The number of pyridine rings is 1. The van der Waals surface area contributed by atoms with Gasteiger partial charge in [0.15, 0.2) is 0 Å². The molecule has 6 aliphatic rings. The normalized spacial score (nSPS) is 17.5. The average Bonchev–Trinajstić information content (AvgIpc) is 4.26. The van der Waals surface area contributed by atoms with Gasteiger partial charge in [0.1, 0.15) is 0 Å². The summed E-state index contributed by atoms with van der Waals surface area (Å²) in [5.41, 5.74) is 30.0. The Labute approximate surface area is 411 Å². The van der Waals surface area contributed by atoms with Gasteiger partial charge >= 0.3 is 0 Å². The van der Waals surface area contributed by atoms with Crippen LogP contribution in [0, 0.1) is 0 Å². The van der Waals surface area contributed by atoms with Gasteiger partial charge in [0, 0.05) is 36.0 Å². The van der Waals surface area contributed by atoms with E-state index in [0.717, 1.165) is 19.3 Å². The molecule has 7 aromatic rings. The maximum atomic E-state index is 5.53. The van der Waals surface area contributed by atoms with Gasteiger partial charge in [-0.05, 0) is 199 Å². The summed E-state index contributed by atoms with van der Waals surface area (Å²) in [5, 5.41) is 0. The lowest BCUT2D eigenvalue weighted by atomic mass is 9.88. The van der Waals surface area contributed by atoms with Gasteiger partial charge in [-0.2, -0.15) is 0 Å². The Bertz CT molecular complexity index is 2970. The van der Waals surface area contributed by atoms with Crippen molar-refractivity contribution >= 4 is 29.3 Å². The zero-order valence-electron chi connectivity index (χ0n) is 40.5. The van der Waals surface area contributed by atoms with E-state index >= 15 is 0 Å². The summed E-state index contributed by atoms with van der Waals surface area (Å²) in [6, 6.07) is 52.8. The summed E-state index contributed by atoms with van der Waals surface area (Å²) in [6.07, 6.45) is 22.6. The molecular formula is C66H66ClN. The van der Waals surface area contributed by atoms with Crippen molar-refractivity contribution in [3.8, 4) is 0 Å². The van der Waals surface area contributed by atoms with Crippen LogP contribution in [0.5, 0.6) is 0 Å². The highest BCUT2D eigenvalue weighted by Crippen LogP contribution is 2.47. The molecule has 0 bridgehead atoms. The smallest absolute Gasteiger partial charge is 0.0474 e. The Morgan fingerprint density at radius 3 is 1.63 bits per heavy atom. The lowest BCUT2D eigenvalue weighted by Crippen LogP contribution is -2.04. The van der Waals surface area contributed by atoms with Crippen molar-refractivity contribution in [2.45, 2.75) is 122 Å². The quantitative estimate of drug-likeness (QED) is 0.145. The van der Waals surface area contributed by atoms with E-state index in [-0.39, 0.29) is 0 Å². The molecule has 68 heavy (non-hydrogen) atoms. The maximum Gasteiger partial charge on any atom is 0.0474 e. The second-order valence-electron chi connectivity index (χ2n) is 20.2. The van der Waals surface area contributed by atoms with Crippen molar-refractivity contribution in [1.29, 1.82) is 0 Å². The molecule has 13 rings (SSSR count). The first-order valence-corrected chi connectivity index (χ1v) is 26.0. The van der Waals surface area contributed by atoms with E-state index < -0.39 is 0 Å². The zero-order valence-corrected chi connectivity index (χ0v) is 41.2. The first-order valence-electron chi connectivity index (χ1n) is 25.5. The summed E-state index contributed by atoms with van der Waals surface area (Å²) >= 11 is 5.53. The van der Waals surface area contributed by atoms with Crippen LogP contribution in [-0.4, -0.2) is 4.98 Å². The van der Waals surface area contributed by atoms with Crippen LogP contribution in [0.3, 0.4) is 0 Å². The molecule has 0 radical (unpaired) electrons.